The molecule has 1 heterocycles. The maximum Gasteiger partial charge on any atom is 0.347 e. The monoisotopic (exact) mass is 314 g/mol. The number of nitrogens with zero attached hydrogens (tertiary/aromatic N) is 3. The molecule has 0 saturated carbocycles. The highest BCUT2D eigenvalue weighted by atomic mass is 16.6. The van der Waals surface area contributed by atoms with Crippen LogP contribution in [-0.2, 0) is 11.9 Å². The first-order valence-corrected chi connectivity index (χ1v) is 7.30. The van der Waals surface area contributed by atoms with Gasteiger partial charge in [0.1, 0.15) is 0 Å². The molecule has 7 heteroatoms. The van der Waals surface area contributed by atoms with Gasteiger partial charge in [-0.25, -0.2) is 23.9 Å². The third-order valence-electron chi connectivity index (χ3n) is 3.73. The largest absolute Gasteiger partial charge is 0.383 e. The molecule has 1 aliphatic carbocycles. The van der Waals surface area contributed by atoms with Crippen LogP contribution >= 0.6 is 0 Å². The Labute approximate surface area is 132 Å². The van der Waals surface area contributed by atoms with E-state index in [0.717, 1.165) is 21.4 Å². The lowest BCUT2D eigenvalue weighted by molar-refractivity contribution is 0.0896. The zero-order valence-electron chi connectivity index (χ0n) is 13.2. The van der Waals surface area contributed by atoms with Gasteiger partial charge in [-0.3, -0.25) is 0 Å². The second-order valence-corrected chi connectivity index (χ2v) is 5.65. The van der Waals surface area contributed by atoms with Gasteiger partial charge in [-0.1, -0.05) is 35.5 Å². The van der Waals surface area contributed by atoms with Gasteiger partial charge < -0.3 is 4.84 Å². The number of allylic oxidation sites excluding steroid dienone is 1. The van der Waals surface area contributed by atoms with Crippen molar-refractivity contribution in [1.82, 2.24) is 14.3 Å². The molecule has 3 rings (SSSR count). The lowest BCUT2D eigenvalue weighted by atomic mass is 9.91. The maximum absolute atomic E-state index is 12.2. The Morgan fingerprint density at radius 1 is 1.17 bits per heavy atom. The van der Waals surface area contributed by atoms with Crippen LogP contribution < -0.4 is 11.4 Å². The van der Waals surface area contributed by atoms with Gasteiger partial charge in [-0.15, -0.1) is 0 Å². The summed E-state index contributed by atoms with van der Waals surface area (Å²) in [5.74, 6) is 0. The van der Waals surface area contributed by atoms with E-state index < -0.39 is 5.69 Å². The van der Waals surface area contributed by atoms with Crippen molar-refractivity contribution in [2.75, 3.05) is 0 Å². The van der Waals surface area contributed by atoms with E-state index in [-0.39, 0.29) is 17.8 Å². The molecule has 2 atom stereocenters. The van der Waals surface area contributed by atoms with Crippen molar-refractivity contribution in [2.45, 2.75) is 26.0 Å². The van der Waals surface area contributed by atoms with Gasteiger partial charge in [0.25, 0.3) is 0 Å². The number of oxime groups is 1. The van der Waals surface area contributed by atoms with Crippen molar-refractivity contribution in [1.29, 1.82) is 0 Å². The van der Waals surface area contributed by atoms with Crippen molar-refractivity contribution in [2.24, 2.45) is 12.2 Å². The first-order valence-electron chi connectivity index (χ1n) is 7.30. The van der Waals surface area contributed by atoms with E-state index in [1.165, 1.54) is 11.7 Å². The van der Waals surface area contributed by atoms with Crippen LogP contribution in [0.2, 0.25) is 0 Å². The second-order valence-electron chi connectivity index (χ2n) is 5.65. The van der Waals surface area contributed by atoms with Gasteiger partial charge >= 0.3 is 11.4 Å². The molecule has 23 heavy (non-hydrogen) atoms. The first-order chi connectivity index (χ1) is 11.0. The SMILES string of the molecule is CC(C)=NO[C@H]1C=C[C@@H](n2[nH]c(=O)n(C)c2=O)c2ccccc21. The summed E-state index contributed by atoms with van der Waals surface area (Å²) in [6, 6.07) is 7.27. The number of nitrogens with one attached hydrogen (secondary N) is 1. The van der Waals surface area contributed by atoms with Crippen LogP contribution in [0.4, 0.5) is 0 Å². The predicted molar refractivity (Wildman–Crippen MR) is 86.6 cm³/mol. The fourth-order valence-electron chi connectivity index (χ4n) is 2.59. The summed E-state index contributed by atoms with van der Waals surface area (Å²) < 4.78 is 2.37. The highest BCUT2D eigenvalue weighted by molar-refractivity contribution is 5.78. The van der Waals surface area contributed by atoms with E-state index in [2.05, 4.69) is 10.3 Å². The third-order valence-corrected chi connectivity index (χ3v) is 3.73. The van der Waals surface area contributed by atoms with E-state index >= 15 is 0 Å². The maximum atomic E-state index is 12.2. The molecule has 0 saturated heterocycles. The summed E-state index contributed by atoms with van der Waals surface area (Å²) in [6.45, 7) is 3.71. The van der Waals surface area contributed by atoms with Crippen LogP contribution in [0.15, 0.2) is 51.2 Å². The molecule has 0 spiro atoms. The molecule has 120 valence electrons. The highest BCUT2D eigenvalue weighted by Crippen LogP contribution is 2.34. The van der Waals surface area contributed by atoms with Crippen LogP contribution in [0.25, 0.3) is 0 Å². The summed E-state index contributed by atoms with van der Waals surface area (Å²) in [6.07, 6.45) is 3.37. The van der Waals surface area contributed by atoms with E-state index in [0.29, 0.717) is 0 Å². The van der Waals surface area contributed by atoms with Gasteiger partial charge in [0.05, 0.1) is 11.8 Å². The average Bonchev–Trinajstić information content (AvgIpc) is 2.80. The summed E-state index contributed by atoms with van der Waals surface area (Å²) in [7, 11) is 1.45. The van der Waals surface area contributed by atoms with Crippen molar-refractivity contribution in [3.63, 3.8) is 0 Å². The third kappa shape index (κ3) is 2.65. The number of aromatic nitrogens is 3. The van der Waals surface area contributed by atoms with E-state index in [1.54, 1.807) is 0 Å². The molecule has 1 aromatic heterocycles. The first kappa shape index (κ1) is 15.1. The quantitative estimate of drug-likeness (QED) is 0.529. The molecule has 0 aliphatic heterocycles. The number of fused-ring (bicyclic) bond motifs is 1. The molecule has 2 aromatic rings. The number of rotatable bonds is 3. The van der Waals surface area contributed by atoms with Crippen molar-refractivity contribution in [3.8, 4) is 0 Å². The lowest BCUT2D eigenvalue weighted by Crippen LogP contribution is -2.29. The number of hydrogen-bond donors (Lipinski definition) is 1. The fourth-order valence-corrected chi connectivity index (χ4v) is 2.59. The molecule has 1 aromatic carbocycles. The van der Waals surface area contributed by atoms with Crippen LogP contribution in [-0.4, -0.2) is 20.1 Å². The molecule has 0 amide bonds. The Morgan fingerprint density at radius 2 is 1.87 bits per heavy atom. The zero-order chi connectivity index (χ0) is 16.6. The Hall–Kier alpha value is -2.83. The molecule has 7 nitrogen and oxygen atoms in total. The highest BCUT2D eigenvalue weighted by Gasteiger charge is 2.26. The Balaban J connectivity index is 2.07. The minimum Gasteiger partial charge on any atom is -0.383 e. The average molecular weight is 314 g/mol. The van der Waals surface area contributed by atoms with Crippen molar-refractivity contribution in [3.05, 3.63) is 68.5 Å². The summed E-state index contributed by atoms with van der Waals surface area (Å²) in [4.78, 5) is 29.4. The van der Waals surface area contributed by atoms with Crippen LogP contribution in [0.5, 0.6) is 0 Å². The molecule has 0 fully saturated rings. The molecular weight excluding hydrogens is 296 g/mol. The fraction of sp³-hybridized carbons (Fsp3) is 0.312. The summed E-state index contributed by atoms with van der Waals surface area (Å²) in [5, 5.41) is 6.60. The van der Waals surface area contributed by atoms with Crippen LogP contribution in [0, 0.1) is 0 Å². The molecule has 1 N–H and O–H groups in total. The summed E-state index contributed by atoms with van der Waals surface area (Å²) in [5.41, 5.74) is 1.81. The van der Waals surface area contributed by atoms with Crippen LogP contribution in [0.3, 0.4) is 0 Å². The summed E-state index contributed by atoms with van der Waals surface area (Å²) >= 11 is 0. The Morgan fingerprint density at radius 3 is 2.48 bits per heavy atom. The molecule has 0 radical (unpaired) electrons. The minimum absolute atomic E-state index is 0.316. The lowest BCUT2D eigenvalue weighted by Gasteiger charge is -2.25. The standard InChI is InChI=1S/C16H18N4O3/c1-10(2)18-23-14-9-8-13(11-6-4-5-7-12(11)14)20-16(22)19(3)15(21)17-20/h4-9,13-14H,1-3H3,(H,17,21)/t13-,14+/m1/s1. The molecule has 0 unspecified atom stereocenters. The predicted octanol–water partition coefficient (Wildman–Crippen LogP) is 1.49. The number of benzene rings is 1. The van der Waals surface area contributed by atoms with Gasteiger partial charge in [-0.2, -0.15) is 0 Å². The van der Waals surface area contributed by atoms with E-state index in [4.69, 9.17) is 4.84 Å². The molecular formula is C16H18N4O3. The number of H-pyrrole nitrogens is 1. The van der Waals surface area contributed by atoms with E-state index in [9.17, 15) is 9.59 Å². The second kappa shape index (κ2) is 5.75. The topological polar surface area (TPSA) is 81.4 Å². The Bertz CT molecular complexity index is 897. The zero-order valence-corrected chi connectivity index (χ0v) is 13.2. The van der Waals surface area contributed by atoms with Gasteiger partial charge in [0.15, 0.2) is 6.10 Å². The van der Waals surface area contributed by atoms with Crippen molar-refractivity contribution < 1.29 is 4.84 Å². The molecule has 0 bridgehead atoms. The van der Waals surface area contributed by atoms with Gasteiger partial charge in [0.2, 0.25) is 0 Å². The Kier molecular flexibility index (Phi) is 3.77. The van der Waals surface area contributed by atoms with Gasteiger partial charge in [-0.05, 0) is 25.5 Å². The van der Waals surface area contributed by atoms with Crippen LogP contribution in [0.1, 0.15) is 37.1 Å². The molecule has 1 aliphatic rings. The minimum atomic E-state index is -0.439. The van der Waals surface area contributed by atoms with E-state index in [1.807, 2.05) is 50.3 Å². The van der Waals surface area contributed by atoms with Crippen molar-refractivity contribution >= 4 is 5.71 Å². The van der Waals surface area contributed by atoms with Gasteiger partial charge in [0, 0.05) is 12.6 Å². The number of aromatic amines is 1. The normalized spacial score (nSPS) is 19.3. The smallest absolute Gasteiger partial charge is 0.347 e. The number of hydrogen-bond acceptors (Lipinski definition) is 4.